The Morgan fingerprint density at radius 1 is 1.72 bits per heavy atom. The van der Waals surface area contributed by atoms with Crippen LogP contribution in [0.5, 0.6) is 0 Å². The summed E-state index contributed by atoms with van der Waals surface area (Å²) in [6.07, 6.45) is 4.23. The van der Waals surface area contributed by atoms with Crippen LogP contribution in [0.4, 0.5) is 4.79 Å². The first-order valence-electron chi connectivity index (χ1n) is 5.60. The molecule has 0 unspecified atom stereocenters. The molecular formula is C12H14N2O2S2. The molecule has 0 aliphatic carbocycles. The van der Waals surface area contributed by atoms with Crippen molar-refractivity contribution in [3.8, 4) is 0 Å². The average molecular weight is 282 g/mol. The molecule has 0 radical (unpaired) electrons. The molecule has 1 aliphatic rings. The maximum Gasteiger partial charge on any atom is 0.410 e. The van der Waals surface area contributed by atoms with E-state index in [-0.39, 0.29) is 12.7 Å². The fraction of sp³-hybridized carbons (Fsp3) is 0.333. The van der Waals surface area contributed by atoms with Gasteiger partial charge in [0.2, 0.25) is 0 Å². The largest absolute Gasteiger partial charge is 0.445 e. The minimum Gasteiger partial charge on any atom is -0.445 e. The minimum absolute atomic E-state index is 0.245. The first-order chi connectivity index (χ1) is 8.70. The number of nitrogens with zero attached hydrogens (tertiary/aromatic N) is 1. The lowest BCUT2D eigenvalue weighted by atomic mass is 10.1. The van der Waals surface area contributed by atoms with E-state index in [1.807, 2.05) is 5.38 Å². The van der Waals surface area contributed by atoms with Crippen molar-refractivity contribution >= 4 is 35.2 Å². The number of carbonyl (C=O) groups excluding carboxylic acids is 1. The summed E-state index contributed by atoms with van der Waals surface area (Å²) in [5, 5.41) is 1.98. The van der Waals surface area contributed by atoms with Gasteiger partial charge in [0, 0.05) is 11.9 Å². The van der Waals surface area contributed by atoms with Gasteiger partial charge in [-0.25, -0.2) is 4.79 Å². The Morgan fingerprint density at radius 3 is 3.22 bits per heavy atom. The summed E-state index contributed by atoms with van der Waals surface area (Å²) >= 11 is 6.55. The van der Waals surface area contributed by atoms with E-state index in [1.54, 1.807) is 11.0 Å². The number of nitrogens with one attached hydrogen (secondary N) is 1. The summed E-state index contributed by atoms with van der Waals surface area (Å²) in [7, 11) is 0. The van der Waals surface area contributed by atoms with E-state index in [2.05, 4.69) is 17.6 Å². The Labute approximate surface area is 115 Å². The van der Waals surface area contributed by atoms with Crippen LogP contribution >= 0.6 is 23.6 Å². The standard InChI is InChI=1S/C12H14N2O2S2/c1-2-6-16-12(15)14-5-3-4-9(7-14)10-8-18-11(17)13-10/h2,4,8H,1,3,5-7H2,(H,13,17). The molecule has 0 saturated carbocycles. The monoisotopic (exact) mass is 282 g/mol. The Hall–Kier alpha value is -1.40. The zero-order valence-corrected chi connectivity index (χ0v) is 11.5. The average Bonchev–Trinajstić information content (AvgIpc) is 2.83. The summed E-state index contributed by atoms with van der Waals surface area (Å²) < 4.78 is 5.78. The van der Waals surface area contributed by atoms with E-state index >= 15 is 0 Å². The van der Waals surface area contributed by atoms with Gasteiger partial charge in [-0.15, -0.1) is 11.3 Å². The van der Waals surface area contributed by atoms with Gasteiger partial charge in [-0.3, -0.25) is 0 Å². The van der Waals surface area contributed by atoms with Gasteiger partial charge >= 0.3 is 6.09 Å². The summed E-state index contributed by atoms with van der Waals surface area (Å²) in [4.78, 5) is 16.5. The van der Waals surface area contributed by atoms with Crippen LogP contribution in [0.1, 0.15) is 12.1 Å². The molecule has 0 spiro atoms. The third kappa shape index (κ3) is 3.08. The van der Waals surface area contributed by atoms with Gasteiger partial charge in [-0.05, 0) is 24.2 Å². The molecule has 0 saturated heterocycles. The Balaban J connectivity index is 2.04. The summed E-state index contributed by atoms with van der Waals surface area (Å²) in [5.41, 5.74) is 2.08. The lowest BCUT2D eigenvalue weighted by Gasteiger charge is -2.26. The van der Waals surface area contributed by atoms with Gasteiger partial charge in [0.25, 0.3) is 0 Å². The van der Waals surface area contributed by atoms with E-state index in [1.165, 1.54) is 11.3 Å². The molecule has 1 aromatic heterocycles. The van der Waals surface area contributed by atoms with Crippen molar-refractivity contribution in [1.29, 1.82) is 0 Å². The number of ether oxygens (including phenoxy) is 1. The van der Waals surface area contributed by atoms with Gasteiger partial charge < -0.3 is 14.6 Å². The van der Waals surface area contributed by atoms with E-state index < -0.39 is 0 Å². The molecule has 0 aromatic carbocycles. The van der Waals surface area contributed by atoms with Crippen molar-refractivity contribution in [1.82, 2.24) is 9.88 Å². The summed E-state index contributed by atoms with van der Waals surface area (Å²) in [6, 6.07) is 0. The molecule has 0 fully saturated rings. The van der Waals surface area contributed by atoms with Crippen molar-refractivity contribution in [3.05, 3.63) is 33.8 Å². The maximum atomic E-state index is 11.7. The zero-order valence-electron chi connectivity index (χ0n) is 9.85. The second kappa shape index (κ2) is 5.97. The van der Waals surface area contributed by atoms with Crippen LogP contribution < -0.4 is 0 Å². The van der Waals surface area contributed by atoms with Crippen molar-refractivity contribution in [2.45, 2.75) is 6.42 Å². The number of thiazole rings is 1. The van der Waals surface area contributed by atoms with Gasteiger partial charge in [0.1, 0.15) is 6.61 Å². The Bertz CT molecular complexity index is 530. The van der Waals surface area contributed by atoms with Gasteiger partial charge in [0.05, 0.1) is 12.2 Å². The van der Waals surface area contributed by atoms with E-state index in [4.69, 9.17) is 17.0 Å². The topological polar surface area (TPSA) is 45.3 Å². The molecule has 96 valence electrons. The fourth-order valence-corrected chi connectivity index (χ4v) is 2.61. The highest BCUT2D eigenvalue weighted by molar-refractivity contribution is 7.73. The third-order valence-corrected chi connectivity index (χ3v) is 3.66. The van der Waals surface area contributed by atoms with Crippen molar-refractivity contribution in [2.24, 2.45) is 0 Å². The second-order valence-electron chi connectivity index (χ2n) is 3.87. The molecule has 2 heterocycles. The second-order valence-corrected chi connectivity index (χ2v) is 5.41. The predicted molar refractivity (Wildman–Crippen MR) is 75.2 cm³/mol. The number of aromatic amines is 1. The molecule has 1 aliphatic heterocycles. The number of carbonyl (C=O) groups is 1. The quantitative estimate of drug-likeness (QED) is 0.684. The third-order valence-electron chi connectivity index (χ3n) is 2.60. The number of hydrogen-bond donors (Lipinski definition) is 1. The molecule has 1 aromatic rings. The number of H-pyrrole nitrogens is 1. The molecule has 18 heavy (non-hydrogen) atoms. The van der Waals surface area contributed by atoms with E-state index in [0.29, 0.717) is 13.1 Å². The van der Waals surface area contributed by atoms with E-state index in [0.717, 1.165) is 21.6 Å². The van der Waals surface area contributed by atoms with Gasteiger partial charge in [-0.2, -0.15) is 0 Å². The molecule has 0 atom stereocenters. The molecule has 4 nitrogen and oxygen atoms in total. The molecular weight excluding hydrogens is 268 g/mol. The van der Waals surface area contributed by atoms with Crippen LogP contribution in [0.15, 0.2) is 24.1 Å². The summed E-state index contributed by atoms with van der Waals surface area (Å²) in [5.74, 6) is 0. The Morgan fingerprint density at radius 2 is 2.56 bits per heavy atom. The van der Waals surface area contributed by atoms with Crippen LogP contribution in [0, 0.1) is 3.95 Å². The highest BCUT2D eigenvalue weighted by atomic mass is 32.1. The fourth-order valence-electron chi connectivity index (χ4n) is 1.75. The first-order valence-corrected chi connectivity index (χ1v) is 6.89. The first kappa shape index (κ1) is 13.0. The molecule has 1 amide bonds. The smallest absolute Gasteiger partial charge is 0.410 e. The van der Waals surface area contributed by atoms with Crippen LogP contribution in [0.2, 0.25) is 0 Å². The van der Waals surface area contributed by atoms with Crippen molar-refractivity contribution in [2.75, 3.05) is 19.7 Å². The number of amides is 1. The van der Waals surface area contributed by atoms with Gasteiger partial charge in [-0.1, -0.05) is 18.7 Å². The number of hydrogen-bond acceptors (Lipinski definition) is 4. The lowest BCUT2D eigenvalue weighted by Crippen LogP contribution is -2.36. The number of rotatable bonds is 3. The van der Waals surface area contributed by atoms with Crippen LogP contribution in [0.3, 0.4) is 0 Å². The predicted octanol–water partition coefficient (Wildman–Crippen LogP) is 3.22. The zero-order chi connectivity index (χ0) is 13.0. The highest BCUT2D eigenvalue weighted by Crippen LogP contribution is 2.21. The minimum atomic E-state index is -0.297. The van der Waals surface area contributed by atoms with E-state index in [9.17, 15) is 4.79 Å². The Kier molecular flexibility index (Phi) is 4.33. The van der Waals surface area contributed by atoms with Gasteiger partial charge in [0.15, 0.2) is 3.95 Å². The SMILES string of the molecule is C=CCOC(=O)N1CCC=C(c2csc(=S)[nH]2)C1. The molecule has 1 N–H and O–H groups in total. The maximum absolute atomic E-state index is 11.7. The van der Waals surface area contributed by atoms with Crippen molar-refractivity contribution < 1.29 is 9.53 Å². The molecule has 6 heteroatoms. The highest BCUT2D eigenvalue weighted by Gasteiger charge is 2.20. The summed E-state index contributed by atoms with van der Waals surface area (Å²) in [6.45, 7) is 5.00. The van der Waals surface area contributed by atoms with Crippen molar-refractivity contribution in [3.63, 3.8) is 0 Å². The molecule has 0 bridgehead atoms. The molecule has 2 rings (SSSR count). The lowest BCUT2D eigenvalue weighted by molar-refractivity contribution is 0.117. The normalized spacial score (nSPS) is 15.1. The number of aromatic nitrogens is 1. The van der Waals surface area contributed by atoms with Crippen LogP contribution in [0.25, 0.3) is 5.57 Å². The van der Waals surface area contributed by atoms with Crippen LogP contribution in [-0.2, 0) is 4.74 Å². The van der Waals surface area contributed by atoms with Crippen LogP contribution in [-0.4, -0.2) is 35.7 Å².